The van der Waals surface area contributed by atoms with Crippen LogP contribution in [-0.2, 0) is 12.6 Å². The standard InChI is InChI=1S/C19H17BrClF3O/c20-17-6-3-5-14(18(17)21)8-9-15-12-13(4-1-2-11-25)7-10-16(15)19(22,23)24/h3,5-10,12,25H,1-2,4,11H2/b9-8+. The summed E-state index contributed by atoms with van der Waals surface area (Å²) in [6, 6.07) is 9.42. The molecule has 25 heavy (non-hydrogen) atoms. The Morgan fingerprint density at radius 2 is 1.76 bits per heavy atom. The molecule has 0 amide bonds. The third-order valence-corrected chi connectivity index (χ3v) is 5.03. The number of alkyl halides is 3. The van der Waals surface area contributed by atoms with Gasteiger partial charge in [0.1, 0.15) is 0 Å². The van der Waals surface area contributed by atoms with Crippen LogP contribution in [-0.4, -0.2) is 11.7 Å². The molecule has 2 aromatic carbocycles. The molecule has 134 valence electrons. The minimum absolute atomic E-state index is 0.0782. The first-order valence-electron chi connectivity index (χ1n) is 7.76. The lowest BCUT2D eigenvalue weighted by Crippen LogP contribution is -2.07. The van der Waals surface area contributed by atoms with E-state index in [9.17, 15) is 13.2 Å². The number of aliphatic hydroxyl groups excluding tert-OH is 1. The Kier molecular flexibility index (Phi) is 7.11. The van der Waals surface area contributed by atoms with Gasteiger partial charge >= 0.3 is 6.18 Å². The average molecular weight is 434 g/mol. The van der Waals surface area contributed by atoms with Gasteiger partial charge in [-0.1, -0.05) is 48.0 Å². The van der Waals surface area contributed by atoms with Crippen LogP contribution in [0.25, 0.3) is 12.2 Å². The van der Waals surface area contributed by atoms with Gasteiger partial charge < -0.3 is 5.11 Å². The van der Waals surface area contributed by atoms with Crippen molar-refractivity contribution in [2.75, 3.05) is 6.61 Å². The van der Waals surface area contributed by atoms with Gasteiger partial charge in [0.05, 0.1) is 10.6 Å². The minimum atomic E-state index is -4.43. The van der Waals surface area contributed by atoms with Crippen molar-refractivity contribution >= 4 is 39.7 Å². The molecular formula is C19H17BrClF3O. The Hall–Kier alpha value is -1.30. The molecule has 0 bridgehead atoms. The van der Waals surface area contributed by atoms with E-state index >= 15 is 0 Å². The number of rotatable bonds is 6. The Labute approximate surface area is 158 Å². The maximum Gasteiger partial charge on any atom is 0.416 e. The van der Waals surface area contributed by atoms with Crippen LogP contribution in [0, 0.1) is 0 Å². The van der Waals surface area contributed by atoms with Crippen molar-refractivity contribution in [2.24, 2.45) is 0 Å². The van der Waals surface area contributed by atoms with Crippen LogP contribution in [0.3, 0.4) is 0 Å². The molecule has 2 rings (SSSR count). The Balaban J connectivity index is 2.36. The normalized spacial score (nSPS) is 12.1. The van der Waals surface area contributed by atoms with E-state index in [1.165, 1.54) is 12.1 Å². The molecule has 0 radical (unpaired) electrons. The van der Waals surface area contributed by atoms with Crippen molar-refractivity contribution < 1.29 is 18.3 Å². The molecule has 0 fully saturated rings. The molecule has 0 aromatic heterocycles. The Bertz CT molecular complexity index is 757. The lowest BCUT2D eigenvalue weighted by molar-refractivity contribution is -0.137. The highest BCUT2D eigenvalue weighted by atomic mass is 79.9. The van der Waals surface area contributed by atoms with E-state index in [-0.39, 0.29) is 12.2 Å². The van der Waals surface area contributed by atoms with Crippen molar-refractivity contribution in [3.05, 3.63) is 68.1 Å². The van der Waals surface area contributed by atoms with Crippen LogP contribution in [0.1, 0.15) is 35.1 Å². The van der Waals surface area contributed by atoms with Crippen LogP contribution in [0.4, 0.5) is 13.2 Å². The molecule has 0 aliphatic carbocycles. The van der Waals surface area contributed by atoms with Gasteiger partial charge in [-0.2, -0.15) is 13.2 Å². The minimum Gasteiger partial charge on any atom is -0.396 e. The Morgan fingerprint density at radius 3 is 2.44 bits per heavy atom. The van der Waals surface area contributed by atoms with Crippen LogP contribution in [0.5, 0.6) is 0 Å². The van der Waals surface area contributed by atoms with Crippen molar-refractivity contribution in [1.82, 2.24) is 0 Å². The van der Waals surface area contributed by atoms with Gasteiger partial charge in [0.15, 0.2) is 0 Å². The molecule has 2 aromatic rings. The van der Waals surface area contributed by atoms with E-state index < -0.39 is 11.7 Å². The number of aryl methyl sites for hydroxylation is 1. The summed E-state index contributed by atoms with van der Waals surface area (Å²) in [6.45, 7) is 0.0782. The van der Waals surface area contributed by atoms with E-state index in [0.717, 1.165) is 18.1 Å². The molecule has 0 heterocycles. The third-order valence-electron chi connectivity index (χ3n) is 3.72. The fourth-order valence-electron chi connectivity index (χ4n) is 2.43. The summed E-state index contributed by atoms with van der Waals surface area (Å²) in [6.07, 6.45) is 0.561. The third kappa shape index (κ3) is 5.59. The number of hydrogen-bond acceptors (Lipinski definition) is 1. The van der Waals surface area contributed by atoms with Crippen molar-refractivity contribution in [3.8, 4) is 0 Å². The lowest BCUT2D eigenvalue weighted by Gasteiger charge is -2.12. The quantitative estimate of drug-likeness (QED) is 0.401. The van der Waals surface area contributed by atoms with Gasteiger partial charge in [0, 0.05) is 11.1 Å². The highest BCUT2D eigenvalue weighted by molar-refractivity contribution is 9.10. The second kappa shape index (κ2) is 8.88. The summed E-state index contributed by atoms with van der Waals surface area (Å²) < 4.78 is 40.5. The zero-order valence-corrected chi connectivity index (χ0v) is 15.6. The molecule has 0 aliphatic heterocycles. The molecular weight excluding hydrogens is 417 g/mol. The van der Waals surface area contributed by atoms with Gasteiger partial charge in [-0.3, -0.25) is 0 Å². The van der Waals surface area contributed by atoms with Crippen molar-refractivity contribution in [2.45, 2.75) is 25.4 Å². The Morgan fingerprint density at radius 1 is 1.04 bits per heavy atom. The molecule has 0 spiro atoms. The second-order valence-corrected chi connectivity index (χ2v) is 6.81. The lowest BCUT2D eigenvalue weighted by atomic mass is 9.99. The van der Waals surface area contributed by atoms with Gasteiger partial charge in [0.25, 0.3) is 0 Å². The van der Waals surface area contributed by atoms with E-state index in [1.54, 1.807) is 30.3 Å². The summed E-state index contributed by atoms with van der Waals surface area (Å²) in [7, 11) is 0. The van der Waals surface area contributed by atoms with Crippen LogP contribution in [0.2, 0.25) is 5.02 Å². The monoisotopic (exact) mass is 432 g/mol. The topological polar surface area (TPSA) is 20.2 Å². The number of aliphatic hydroxyl groups is 1. The van der Waals surface area contributed by atoms with Gasteiger partial charge in [-0.15, -0.1) is 0 Å². The second-order valence-electron chi connectivity index (χ2n) is 5.58. The fraction of sp³-hybridized carbons (Fsp3) is 0.263. The van der Waals surface area contributed by atoms with Gasteiger partial charge in [0.2, 0.25) is 0 Å². The number of unbranched alkanes of at least 4 members (excludes halogenated alkanes) is 1. The van der Waals surface area contributed by atoms with Crippen LogP contribution >= 0.6 is 27.5 Å². The number of hydrogen-bond donors (Lipinski definition) is 1. The number of halogens is 5. The molecule has 0 aliphatic rings. The summed E-state index contributed by atoms with van der Waals surface area (Å²) in [5.74, 6) is 0. The average Bonchev–Trinajstić information content (AvgIpc) is 2.55. The first-order valence-corrected chi connectivity index (χ1v) is 8.93. The summed E-state index contributed by atoms with van der Waals surface area (Å²) in [5.41, 5.74) is 0.863. The van der Waals surface area contributed by atoms with E-state index in [1.807, 2.05) is 0 Å². The molecule has 0 saturated carbocycles. The summed E-state index contributed by atoms with van der Waals surface area (Å²) in [4.78, 5) is 0. The predicted octanol–water partition coefficient (Wildman–Crippen LogP) is 6.61. The van der Waals surface area contributed by atoms with Crippen LogP contribution < -0.4 is 0 Å². The molecule has 6 heteroatoms. The molecule has 1 nitrogen and oxygen atoms in total. The largest absolute Gasteiger partial charge is 0.416 e. The van der Waals surface area contributed by atoms with E-state index in [4.69, 9.17) is 16.7 Å². The van der Waals surface area contributed by atoms with E-state index in [2.05, 4.69) is 15.9 Å². The first kappa shape index (κ1) is 20.0. The maximum absolute atomic E-state index is 13.3. The summed E-state index contributed by atoms with van der Waals surface area (Å²) in [5, 5.41) is 9.28. The molecule has 1 N–H and O–H groups in total. The zero-order valence-electron chi connectivity index (χ0n) is 13.3. The van der Waals surface area contributed by atoms with Crippen molar-refractivity contribution in [3.63, 3.8) is 0 Å². The van der Waals surface area contributed by atoms with Gasteiger partial charge in [-0.05, 0) is 64.0 Å². The maximum atomic E-state index is 13.3. The highest BCUT2D eigenvalue weighted by Crippen LogP contribution is 2.34. The smallest absolute Gasteiger partial charge is 0.396 e. The van der Waals surface area contributed by atoms with Gasteiger partial charge in [-0.25, -0.2) is 0 Å². The molecule has 0 saturated heterocycles. The fourth-order valence-corrected chi connectivity index (χ4v) is 3.00. The molecule has 0 atom stereocenters. The number of benzene rings is 2. The zero-order chi connectivity index (χ0) is 18.4. The predicted molar refractivity (Wildman–Crippen MR) is 99.5 cm³/mol. The SMILES string of the molecule is OCCCCc1ccc(C(F)(F)F)c(/C=C/c2cccc(Br)c2Cl)c1. The van der Waals surface area contributed by atoms with Crippen molar-refractivity contribution in [1.29, 1.82) is 0 Å². The van der Waals surface area contributed by atoms with Crippen LogP contribution in [0.15, 0.2) is 40.9 Å². The highest BCUT2D eigenvalue weighted by Gasteiger charge is 2.32. The van der Waals surface area contributed by atoms with E-state index in [0.29, 0.717) is 27.9 Å². The molecule has 0 unspecified atom stereocenters. The summed E-state index contributed by atoms with van der Waals surface area (Å²) >= 11 is 9.46. The first-order chi connectivity index (χ1) is 11.8.